The van der Waals surface area contributed by atoms with Crippen LogP contribution in [0.4, 0.5) is 10.1 Å². The van der Waals surface area contributed by atoms with Crippen molar-refractivity contribution in [3.8, 4) is 0 Å². The second kappa shape index (κ2) is 8.10. The van der Waals surface area contributed by atoms with Gasteiger partial charge >= 0.3 is 0 Å². The minimum Gasteiger partial charge on any atom is -0.311 e. The van der Waals surface area contributed by atoms with E-state index >= 15 is 0 Å². The summed E-state index contributed by atoms with van der Waals surface area (Å²) < 4.78 is 13.8. The fourth-order valence-electron chi connectivity index (χ4n) is 4.32. The SMILES string of the molecule is O=C(c1cccc(F)c1)N1CCS[C@@]12C(=O)N(Cc1ccccc1Cl)c1ccc(Cl)cc12. The second-order valence-corrected chi connectivity index (χ2v) is 9.74. The molecule has 2 aliphatic rings. The van der Waals surface area contributed by atoms with Crippen LogP contribution < -0.4 is 4.90 Å². The van der Waals surface area contributed by atoms with Gasteiger partial charge < -0.3 is 9.80 Å². The molecule has 162 valence electrons. The molecule has 0 bridgehead atoms. The Morgan fingerprint density at radius 2 is 1.88 bits per heavy atom. The largest absolute Gasteiger partial charge is 0.311 e. The molecule has 0 radical (unpaired) electrons. The van der Waals surface area contributed by atoms with Crippen LogP contribution in [0.25, 0.3) is 0 Å². The van der Waals surface area contributed by atoms with Crippen molar-refractivity contribution in [2.45, 2.75) is 11.4 Å². The Kier molecular flexibility index (Phi) is 5.40. The molecule has 1 spiro atoms. The number of amides is 2. The summed E-state index contributed by atoms with van der Waals surface area (Å²) in [5, 5.41) is 1.03. The van der Waals surface area contributed by atoms with E-state index in [1.165, 1.54) is 34.9 Å². The van der Waals surface area contributed by atoms with Crippen LogP contribution in [0.1, 0.15) is 21.5 Å². The first-order valence-corrected chi connectivity index (χ1v) is 11.7. The molecule has 2 aliphatic heterocycles. The number of thioether (sulfide) groups is 1. The lowest BCUT2D eigenvalue weighted by molar-refractivity contribution is -0.123. The Labute approximate surface area is 198 Å². The molecule has 2 amide bonds. The van der Waals surface area contributed by atoms with E-state index in [0.717, 1.165) is 5.56 Å². The topological polar surface area (TPSA) is 40.6 Å². The molecule has 8 heteroatoms. The van der Waals surface area contributed by atoms with E-state index in [-0.39, 0.29) is 18.0 Å². The summed E-state index contributed by atoms with van der Waals surface area (Å²) in [5.41, 5.74) is 2.35. The number of benzene rings is 3. The van der Waals surface area contributed by atoms with E-state index in [4.69, 9.17) is 23.2 Å². The Morgan fingerprint density at radius 1 is 1.06 bits per heavy atom. The molecule has 2 heterocycles. The third-order valence-corrected chi connectivity index (χ3v) is 7.78. The van der Waals surface area contributed by atoms with Gasteiger partial charge in [-0.1, -0.05) is 47.5 Å². The number of nitrogens with zero attached hydrogens (tertiary/aromatic N) is 2. The van der Waals surface area contributed by atoms with Crippen molar-refractivity contribution >= 4 is 52.5 Å². The van der Waals surface area contributed by atoms with Gasteiger partial charge in [0, 0.05) is 33.5 Å². The van der Waals surface area contributed by atoms with E-state index in [1.807, 2.05) is 18.2 Å². The number of carbonyl (C=O) groups excluding carboxylic acids is 2. The molecule has 32 heavy (non-hydrogen) atoms. The summed E-state index contributed by atoms with van der Waals surface area (Å²) in [6, 6.07) is 18.1. The molecule has 5 rings (SSSR count). The first kappa shape index (κ1) is 21.3. The Hall–Kier alpha value is -2.54. The smallest absolute Gasteiger partial charge is 0.268 e. The monoisotopic (exact) mass is 486 g/mol. The molecule has 0 saturated carbocycles. The van der Waals surface area contributed by atoms with Gasteiger partial charge in [-0.2, -0.15) is 0 Å². The molecule has 4 nitrogen and oxygen atoms in total. The zero-order valence-electron chi connectivity index (χ0n) is 16.7. The molecule has 1 saturated heterocycles. The molecule has 3 aromatic carbocycles. The number of hydrogen-bond donors (Lipinski definition) is 0. The standard InChI is InChI=1S/C24H17Cl2FN2O2S/c25-17-8-9-21-19(13-17)24(23(31)28(21)14-16-4-1-2-7-20(16)26)29(10-11-32-24)22(30)15-5-3-6-18(27)12-15/h1-9,12-13H,10-11,14H2/t24-/m0/s1. The van der Waals surface area contributed by atoms with Gasteiger partial charge in [0.15, 0.2) is 4.87 Å². The number of carbonyl (C=O) groups is 2. The maximum Gasteiger partial charge on any atom is 0.268 e. The lowest BCUT2D eigenvalue weighted by atomic mass is 10.0. The van der Waals surface area contributed by atoms with Crippen molar-refractivity contribution in [1.29, 1.82) is 0 Å². The van der Waals surface area contributed by atoms with Crippen LogP contribution in [0.15, 0.2) is 66.7 Å². The van der Waals surface area contributed by atoms with Crippen molar-refractivity contribution in [2.24, 2.45) is 0 Å². The molecule has 0 aromatic heterocycles. The van der Waals surface area contributed by atoms with E-state index in [0.29, 0.717) is 33.6 Å². The highest BCUT2D eigenvalue weighted by Gasteiger charge is 2.59. The lowest BCUT2D eigenvalue weighted by Crippen LogP contribution is -2.50. The summed E-state index contributed by atoms with van der Waals surface area (Å²) in [4.78, 5) is 29.3. The first-order valence-electron chi connectivity index (χ1n) is 9.99. The number of anilines is 1. The Balaban J connectivity index is 1.61. The summed E-state index contributed by atoms with van der Waals surface area (Å²) in [6.07, 6.45) is 0. The first-order chi connectivity index (χ1) is 15.4. The zero-order chi connectivity index (χ0) is 22.5. The highest BCUT2D eigenvalue weighted by Crippen LogP contribution is 2.55. The maximum atomic E-state index is 14.0. The molecular weight excluding hydrogens is 470 g/mol. The van der Waals surface area contributed by atoms with Gasteiger partial charge in [-0.05, 0) is 48.0 Å². The van der Waals surface area contributed by atoms with Gasteiger partial charge in [0.1, 0.15) is 5.82 Å². The molecule has 0 unspecified atom stereocenters. The highest BCUT2D eigenvalue weighted by molar-refractivity contribution is 8.01. The van der Waals surface area contributed by atoms with Crippen LogP contribution in [-0.2, 0) is 16.2 Å². The molecule has 1 fully saturated rings. The molecule has 0 N–H and O–H groups in total. The predicted molar refractivity (Wildman–Crippen MR) is 126 cm³/mol. The number of rotatable bonds is 3. The van der Waals surface area contributed by atoms with Crippen LogP contribution in [0.2, 0.25) is 10.0 Å². The molecule has 1 atom stereocenters. The van der Waals surface area contributed by atoms with Crippen LogP contribution in [-0.4, -0.2) is 29.0 Å². The van der Waals surface area contributed by atoms with Gasteiger partial charge in [-0.25, -0.2) is 4.39 Å². The van der Waals surface area contributed by atoms with E-state index in [9.17, 15) is 14.0 Å². The van der Waals surface area contributed by atoms with Gasteiger partial charge in [0.05, 0.1) is 12.2 Å². The van der Waals surface area contributed by atoms with Crippen LogP contribution in [0.3, 0.4) is 0 Å². The Bertz CT molecular complexity index is 1250. The third kappa shape index (κ3) is 3.29. The van der Waals surface area contributed by atoms with Crippen molar-refractivity contribution in [3.63, 3.8) is 0 Å². The summed E-state index contributed by atoms with van der Waals surface area (Å²) in [7, 11) is 0. The fraction of sp³-hybridized carbons (Fsp3) is 0.167. The van der Waals surface area contributed by atoms with E-state index < -0.39 is 16.6 Å². The minimum atomic E-state index is -1.26. The second-order valence-electron chi connectivity index (χ2n) is 7.60. The van der Waals surface area contributed by atoms with Crippen LogP contribution >= 0.6 is 35.0 Å². The fourth-order valence-corrected chi connectivity index (χ4v) is 6.14. The van der Waals surface area contributed by atoms with Gasteiger partial charge in [-0.15, -0.1) is 11.8 Å². The molecule has 0 aliphatic carbocycles. The summed E-state index contributed by atoms with van der Waals surface area (Å²) in [6.45, 7) is 0.620. The van der Waals surface area contributed by atoms with E-state index in [2.05, 4.69) is 0 Å². The molecule has 3 aromatic rings. The predicted octanol–water partition coefficient (Wildman–Crippen LogP) is 5.72. The summed E-state index contributed by atoms with van der Waals surface area (Å²) in [5.74, 6) is -0.563. The van der Waals surface area contributed by atoms with Crippen molar-refractivity contribution in [1.82, 2.24) is 4.90 Å². The average molecular weight is 487 g/mol. The Morgan fingerprint density at radius 3 is 2.66 bits per heavy atom. The normalized spacial score (nSPS) is 19.7. The number of hydrogen-bond acceptors (Lipinski definition) is 3. The highest BCUT2D eigenvalue weighted by atomic mass is 35.5. The van der Waals surface area contributed by atoms with Gasteiger partial charge in [0.2, 0.25) is 0 Å². The van der Waals surface area contributed by atoms with Gasteiger partial charge in [-0.3, -0.25) is 9.59 Å². The lowest BCUT2D eigenvalue weighted by Gasteiger charge is -2.33. The van der Waals surface area contributed by atoms with Crippen molar-refractivity contribution < 1.29 is 14.0 Å². The van der Waals surface area contributed by atoms with Gasteiger partial charge in [0.25, 0.3) is 11.8 Å². The quantitative estimate of drug-likeness (QED) is 0.475. The molecular formula is C24H17Cl2FN2O2S. The summed E-state index contributed by atoms with van der Waals surface area (Å²) >= 11 is 14.1. The maximum absolute atomic E-state index is 14.0. The number of fused-ring (bicyclic) bond motifs is 2. The number of halogens is 3. The van der Waals surface area contributed by atoms with Crippen molar-refractivity contribution in [2.75, 3.05) is 17.2 Å². The third-order valence-electron chi connectivity index (χ3n) is 5.76. The minimum absolute atomic E-state index is 0.202. The van der Waals surface area contributed by atoms with E-state index in [1.54, 1.807) is 35.2 Å². The van der Waals surface area contributed by atoms with Crippen molar-refractivity contribution in [3.05, 3.63) is 99.3 Å². The average Bonchev–Trinajstić information content (AvgIpc) is 3.32. The van der Waals surface area contributed by atoms with Crippen LogP contribution in [0, 0.1) is 5.82 Å². The zero-order valence-corrected chi connectivity index (χ0v) is 19.1. The van der Waals surface area contributed by atoms with Crippen LogP contribution in [0.5, 0.6) is 0 Å².